The molecule has 208 valence electrons. The van der Waals surface area contributed by atoms with Gasteiger partial charge in [0.1, 0.15) is 11.5 Å². The Hall–Kier alpha value is -3.74. The molecule has 1 unspecified atom stereocenters. The Bertz CT molecular complexity index is 1270. The van der Waals surface area contributed by atoms with Crippen LogP contribution in [0.15, 0.2) is 54.6 Å². The average molecular weight is 532 g/mol. The standard InChI is InChI=1S/C32H41N3O4/c1-6-8-10-24(7-2)31(36)33-17-19-34(20-18-33)32(37)29-22-30(25-13-15-27(38-4)16-14-25)35(23(29)3)26-11-9-12-28(21-26)39-5/h9,11-16,21-22,24H,6-8,10,17-20H2,1-5H3. The minimum absolute atomic E-state index is 0.00553. The van der Waals surface area contributed by atoms with Crippen LogP contribution in [-0.4, -0.2) is 66.6 Å². The van der Waals surface area contributed by atoms with Crippen molar-refractivity contribution in [1.82, 2.24) is 14.4 Å². The lowest BCUT2D eigenvalue weighted by molar-refractivity contribution is -0.137. The highest BCUT2D eigenvalue weighted by atomic mass is 16.5. The van der Waals surface area contributed by atoms with Gasteiger partial charge in [0, 0.05) is 49.5 Å². The largest absolute Gasteiger partial charge is 0.497 e. The topological polar surface area (TPSA) is 64.0 Å². The minimum atomic E-state index is -0.00553. The molecule has 0 spiro atoms. The fourth-order valence-corrected chi connectivity index (χ4v) is 5.39. The zero-order valence-electron chi connectivity index (χ0n) is 23.9. The highest BCUT2D eigenvalue weighted by Crippen LogP contribution is 2.32. The minimum Gasteiger partial charge on any atom is -0.497 e. The van der Waals surface area contributed by atoms with Gasteiger partial charge in [0.25, 0.3) is 5.91 Å². The second-order valence-corrected chi connectivity index (χ2v) is 10.2. The molecule has 0 bridgehead atoms. The van der Waals surface area contributed by atoms with Crippen LogP contribution in [0.25, 0.3) is 16.9 Å². The number of benzene rings is 2. The third-order valence-corrected chi connectivity index (χ3v) is 7.80. The SMILES string of the molecule is CCCCC(CC)C(=O)N1CCN(C(=O)c2cc(-c3ccc(OC)cc3)n(-c3cccc(OC)c3)c2C)CC1. The van der Waals surface area contributed by atoms with Crippen molar-refractivity contribution < 1.29 is 19.1 Å². The smallest absolute Gasteiger partial charge is 0.255 e. The number of piperazine rings is 1. The summed E-state index contributed by atoms with van der Waals surface area (Å²) in [7, 11) is 3.30. The van der Waals surface area contributed by atoms with Crippen LogP contribution in [0.1, 0.15) is 55.6 Å². The third-order valence-electron chi connectivity index (χ3n) is 7.80. The van der Waals surface area contributed by atoms with E-state index in [4.69, 9.17) is 9.47 Å². The van der Waals surface area contributed by atoms with E-state index in [1.54, 1.807) is 14.2 Å². The van der Waals surface area contributed by atoms with Gasteiger partial charge in [0.15, 0.2) is 0 Å². The first-order chi connectivity index (χ1) is 18.9. The number of hydrogen-bond donors (Lipinski definition) is 0. The summed E-state index contributed by atoms with van der Waals surface area (Å²) in [5.74, 6) is 1.84. The second kappa shape index (κ2) is 12.9. The first kappa shape index (κ1) is 28.3. The number of unbranched alkanes of at least 4 members (excludes halogenated alkanes) is 1. The van der Waals surface area contributed by atoms with Gasteiger partial charge in [-0.3, -0.25) is 9.59 Å². The Morgan fingerprint density at radius 2 is 1.54 bits per heavy atom. The summed E-state index contributed by atoms with van der Waals surface area (Å²) in [6.07, 6.45) is 3.97. The Morgan fingerprint density at radius 3 is 2.15 bits per heavy atom. The van der Waals surface area contributed by atoms with Crippen molar-refractivity contribution in [2.24, 2.45) is 5.92 Å². The zero-order chi connectivity index (χ0) is 27.9. The van der Waals surface area contributed by atoms with Gasteiger partial charge in [-0.15, -0.1) is 0 Å². The Morgan fingerprint density at radius 1 is 0.872 bits per heavy atom. The molecule has 1 saturated heterocycles. The number of ether oxygens (including phenoxy) is 2. The lowest BCUT2D eigenvalue weighted by Gasteiger charge is -2.36. The van der Waals surface area contributed by atoms with Crippen LogP contribution in [0.5, 0.6) is 11.5 Å². The van der Waals surface area contributed by atoms with Gasteiger partial charge in [-0.25, -0.2) is 0 Å². The number of methoxy groups -OCH3 is 2. The van der Waals surface area contributed by atoms with Crippen molar-refractivity contribution in [3.63, 3.8) is 0 Å². The van der Waals surface area contributed by atoms with Crippen LogP contribution in [-0.2, 0) is 4.79 Å². The Kier molecular flexibility index (Phi) is 9.33. The van der Waals surface area contributed by atoms with Crippen molar-refractivity contribution >= 4 is 11.8 Å². The van der Waals surface area contributed by atoms with Crippen LogP contribution in [0.2, 0.25) is 0 Å². The van der Waals surface area contributed by atoms with Gasteiger partial charge in [-0.2, -0.15) is 0 Å². The summed E-state index contributed by atoms with van der Waals surface area (Å²) >= 11 is 0. The van der Waals surface area contributed by atoms with E-state index in [1.807, 2.05) is 71.3 Å². The molecule has 1 atom stereocenters. The van der Waals surface area contributed by atoms with E-state index in [2.05, 4.69) is 18.4 Å². The molecule has 4 rings (SSSR count). The molecule has 0 saturated carbocycles. The van der Waals surface area contributed by atoms with Crippen LogP contribution < -0.4 is 9.47 Å². The Balaban J connectivity index is 1.61. The number of carbonyl (C=O) groups is 2. The normalized spacial score (nSPS) is 14.3. The Labute approximate surface area is 232 Å². The summed E-state index contributed by atoms with van der Waals surface area (Å²) in [6.45, 7) is 8.47. The van der Waals surface area contributed by atoms with E-state index in [9.17, 15) is 9.59 Å². The van der Waals surface area contributed by atoms with Gasteiger partial charge in [0.2, 0.25) is 5.91 Å². The second-order valence-electron chi connectivity index (χ2n) is 10.2. The molecule has 7 heteroatoms. The molecule has 1 aliphatic rings. The molecule has 0 N–H and O–H groups in total. The number of carbonyl (C=O) groups excluding carboxylic acids is 2. The quantitative estimate of drug-likeness (QED) is 0.323. The van der Waals surface area contributed by atoms with Crippen molar-refractivity contribution in [2.45, 2.75) is 46.5 Å². The lowest BCUT2D eigenvalue weighted by Crippen LogP contribution is -2.52. The van der Waals surface area contributed by atoms with Crippen LogP contribution >= 0.6 is 0 Å². The average Bonchev–Trinajstić information content (AvgIpc) is 3.33. The van der Waals surface area contributed by atoms with Gasteiger partial charge in [0.05, 0.1) is 25.5 Å². The summed E-state index contributed by atoms with van der Waals surface area (Å²) in [6, 6.07) is 17.7. The maximum atomic E-state index is 13.8. The number of hydrogen-bond acceptors (Lipinski definition) is 4. The van der Waals surface area contributed by atoms with Crippen molar-refractivity contribution in [3.05, 3.63) is 65.9 Å². The molecule has 1 fully saturated rings. The fourth-order valence-electron chi connectivity index (χ4n) is 5.39. The summed E-state index contributed by atoms with van der Waals surface area (Å²) in [5, 5.41) is 0. The van der Waals surface area contributed by atoms with E-state index in [-0.39, 0.29) is 17.7 Å². The molecule has 7 nitrogen and oxygen atoms in total. The van der Waals surface area contributed by atoms with Crippen molar-refractivity contribution in [3.8, 4) is 28.4 Å². The lowest BCUT2D eigenvalue weighted by atomic mass is 9.97. The molecule has 0 aliphatic carbocycles. The zero-order valence-corrected chi connectivity index (χ0v) is 23.9. The first-order valence-electron chi connectivity index (χ1n) is 14.0. The van der Waals surface area contributed by atoms with Crippen molar-refractivity contribution in [2.75, 3.05) is 40.4 Å². The van der Waals surface area contributed by atoms with Gasteiger partial charge in [-0.1, -0.05) is 32.8 Å². The fraction of sp³-hybridized carbons (Fsp3) is 0.438. The molecule has 1 aliphatic heterocycles. The van der Waals surface area contributed by atoms with E-state index in [0.29, 0.717) is 31.7 Å². The van der Waals surface area contributed by atoms with E-state index < -0.39 is 0 Å². The summed E-state index contributed by atoms with van der Waals surface area (Å²) in [5.41, 5.74) is 4.35. The number of rotatable bonds is 10. The van der Waals surface area contributed by atoms with Crippen LogP contribution in [0.4, 0.5) is 0 Å². The number of aromatic nitrogens is 1. The molecule has 39 heavy (non-hydrogen) atoms. The molecule has 3 aromatic rings. The molecular formula is C32H41N3O4. The molecular weight excluding hydrogens is 490 g/mol. The van der Waals surface area contributed by atoms with Crippen LogP contribution in [0, 0.1) is 12.8 Å². The summed E-state index contributed by atoms with van der Waals surface area (Å²) < 4.78 is 12.9. The molecule has 2 heterocycles. The van der Waals surface area contributed by atoms with Gasteiger partial charge < -0.3 is 23.8 Å². The predicted octanol–water partition coefficient (Wildman–Crippen LogP) is 5.97. The molecule has 2 aromatic carbocycles. The van der Waals surface area contributed by atoms with E-state index in [0.717, 1.165) is 59.8 Å². The highest BCUT2D eigenvalue weighted by Gasteiger charge is 2.30. The number of nitrogens with zero attached hydrogens (tertiary/aromatic N) is 3. The molecule has 2 amide bonds. The highest BCUT2D eigenvalue weighted by molar-refractivity contribution is 5.97. The van der Waals surface area contributed by atoms with Gasteiger partial charge in [-0.05, 0) is 67.8 Å². The number of amides is 2. The molecule has 1 aromatic heterocycles. The van der Waals surface area contributed by atoms with E-state index in [1.165, 1.54) is 0 Å². The third kappa shape index (κ3) is 6.13. The monoisotopic (exact) mass is 531 g/mol. The first-order valence-corrected chi connectivity index (χ1v) is 14.0. The summed E-state index contributed by atoms with van der Waals surface area (Å²) in [4.78, 5) is 30.8. The predicted molar refractivity (Wildman–Crippen MR) is 155 cm³/mol. The van der Waals surface area contributed by atoms with Gasteiger partial charge >= 0.3 is 0 Å². The van der Waals surface area contributed by atoms with Crippen molar-refractivity contribution in [1.29, 1.82) is 0 Å². The maximum Gasteiger partial charge on any atom is 0.255 e. The van der Waals surface area contributed by atoms with E-state index >= 15 is 0 Å². The van der Waals surface area contributed by atoms with Crippen LogP contribution in [0.3, 0.4) is 0 Å². The molecule has 0 radical (unpaired) electrons. The maximum absolute atomic E-state index is 13.8.